The largest absolute Gasteiger partial charge is 0.373 e. The highest BCUT2D eigenvalue weighted by atomic mass is 32.1. The molecule has 1 aromatic heterocycles. The number of hydrogen-bond acceptors (Lipinski definition) is 3. The maximum atomic E-state index is 6.34. The molecule has 1 fully saturated rings. The molecule has 3 heteroatoms. The van der Waals surface area contributed by atoms with E-state index in [1.54, 1.807) is 11.3 Å². The van der Waals surface area contributed by atoms with Gasteiger partial charge in [0.2, 0.25) is 0 Å². The molecule has 2 nitrogen and oxygen atoms in total. The molecule has 114 valence electrons. The van der Waals surface area contributed by atoms with Crippen molar-refractivity contribution in [2.45, 2.75) is 64.5 Å². The molecule has 1 aliphatic carbocycles. The zero-order chi connectivity index (χ0) is 14.4. The van der Waals surface area contributed by atoms with E-state index in [0.717, 1.165) is 19.1 Å². The normalized spacial score (nSPS) is 28.4. The second kappa shape index (κ2) is 7.58. The van der Waals surface area contributed by atoms with Crippen LogP contribution in [0, 0.1) is 5.92 Å². The van der Waals surface area contributed by atoms with Gasteiger partial charge in [0.05, 0.1) is 11.6 Å². The minimum atomic E-state index is -0.00248. The molecule has 0 aliphatic heterocycles. The lowest BCUT2D eigenvalue weighted by Crippen LogP contribution is -2.48. The van der Waals surface area contributed by atoms with E-state index in [-0.39, 0.29) is 5.60 Å². The van der Waals surface area contributed by atoms with Crippen LogP contribution in [-0.2, 0) is 4.74 Å². The predicted molar refractivity (Wildman–Crippen MR) is 87.3 cm³/mol. The minimum Gasteiger partial charge on any atom is -0.373 e. The summed E-state index contributed by atoms with van der Waals surface area (Å²) < 4.78 is 6.34. The second-order valence-corrected chi connectivity index (χ2v) is 6.90. The number of nitrogens with one attached hydrogen (secondary N) is 1. The Morgan fingerprint density at radius 3 is 2.70 bits per heavy atom. The van der Waals surface area contributed by atoms with E-state index in [2.05, 4.69) is 42.9 Å². The molecule has 20 heavy (non-hydrogen) atoms. The lowest BCUT2D eigenvalue weighted by Gasteiger charge is -2.45. The van der Waals surface area contributed by atoms with Crippen LogP contribution in [0.15, 0.2) is 16.8 Å². The summed E-state index contributed by atoms with van der Waals surface area (Å²) in [5.74, 6) is 0.845. The first-order chi connectivity index (χ1) is 9.72. The van der Waals surface area contributed by atoms with Gasteiger partial charge in [0.1, 0.15) is 0 Å². The van der Waals surface area contributed by atoms with Crippen molar-refractivity contribution in [2.24, 2.45) is 5.92 Å². The van der Waals surface area contributed by atoms with Crippen molar-refractivity contribution in [1.29, 1.82) is 0 Å². The van der Waals surface area contributed by atoms with Crippen LogP contribution in [0.5, 0.6) is 0 Å². The molecule has 1 unspecified atom stereocenters. The van der Waals surface area contributed by atoms with Gasteiger partial charge in [-0.25, -0.2) is 0 Å². The maximum absolute atomic E-state index is 6.34. The fourth-order valence-corrected chi connectivity index (χ4v) is 4.08. The SMILES string of the molecule is CCCNC(c1ccsc1)C1(OCC)CCC(C)CC1. The molecule has 1 aromatic rings. The Morgan fingerprint density at radius 1 is 1.40 bits per heavy atom. The summed E-state index contributed by atoms with van der Waals surface area (Å²) in [5.41, 5.74) is 1.41. The fourth-order valence-electron chi connectivity index (χ4n) is 3.39. The highest BCUT2D eigenvalue weighted by molar-refractivity contribution is 7.07. The van der Waals surface area contributed by atoms with Crippen LogP contribution in [0.2, 0.25) is 0 Å². The molecule has 1 aliphatic rings. The molecule has 0 radical (unpaired) electrons. The first-order valence-corrected chi connectivity index (χ1v) is 9.05. The summed E-state index contributed by atoms with van der Waals surface area (Å²) in [4.78, 5) is 0. The smallest absolute Gasteiger partial charge is 0.0876 e. The molecular weight excluding hydrogens is 266 g/mol. The van der Waals surface area contributed by atoms with Crippen molar-refractivity contribution in [1.82, 2.24) is 5.32 Å². The van der Waals surface area contributed by atoms with Crippen molar-refractivity contribution in [3.05, 3.63) is 22.4 Å². The Balaban J connectivity index is 2.22. The highest BCUT2D eigenvalue weighted by Crippen LogP contribution is 2.43. The van der Waals surface area contributed by atoms with Gasteiger partial charge in [-0.05, 0) is 73.9 Å². The van der Waals surface area contributed by atoms with Crippen LogP contribution in [0.4, 0.5) is 0 Å². The van der Waals surface area contributed by atoms with Gasteiger partial charge in [-0.3, -0.25) is 0 Å². The van der Waals surface area contributed by atoms with Gasteiger partial charge in [0, 0.05) is 6.61 Å². The van der Waals surface area contributed by atoms with E-state index in [4.69, 9.17) is 4.74 Å². The van der Waals surface area contributed by atoms with Gasteiger partial charge in [-0.15, -0.1) is 0 Å². The summed E-state index contributed by atoms with van der Waals surface area (Å²) in [5, 5.41) is 8.23. The lowest BCUT2D eigenvalue weighted by atomic mass is 9.73. The van der Waals surface area contributed by atoms with E-state index in [9.17, 15) is 0 Å². The fraction of sp³-hybridized carbons (Fsp3) is 0.765. The van der Waals surface area contributed by atoms with Crippen molar-refractivity contribution >= 4 is 11.3 Å². The predicted octanol–water partition coefficient (Wildman–Crippen LogP) is 4.77. The molecule has 0 bridgehead atoms. The third-order valence-electron chi connectivity index (χ3n) is 4.55. The van der Waals surface area contributed by atoms with Crippen LogP contribution in [0.3, 0.4) is 0 Å². The third kappa shape index (κ3) is 3.63. The zero-order valence-electron chi connectivity index (χ0n) is 13.2. The molecule has 0 aromatic carbocycles. The molecule has 1 saturated carbocycles. The standard InChI is InChI=1S/C17H29NOS/c1-4-11-18-16(15-8-12-20-13-15)17(19-5-2)9-6-14(3)7-10-17/h8,12-14,16,18H,4-7,9-11H2,1-3H3. The topological polar surface area (TPSA) is 21.3 Å². The minimum absolute atomic E-state index is 0.00248. The number of ether oxygens (including phenoxy) is 1. The van der Waals surface area contributed by atoms with Crippen molar-refractivity contribution in [2.75, 3.05) is 13.2 Å². The zero-order valence-corrected chi connectivity index (χ0v) is 14.0. The van der Waals surface area contributed by atoms with Crippen molar-refractivity contribution < 1.29 is 4.74 Å². The Kier molecular flexibility index (Phi) is 6.06. The van der Waals surface area contributed by atoms with Crippen LogP contribution < -0.4 is 5.32 Å². The molecule has 2 rings (SSSR count). The lowest BCUT2D eigenvalue weighted by molar-refractivity contribution is -0.0974. The van der Waals surface area contributed by atoms with Gasteiger partial charge in [0.25, 0.3) is 0 Å². The summed E-state index contributed by atoms with van der Waals surface area (Å²) >= 11 is 1.79. The Labute approximate surface area is 127 Å². The Morgan fingerprint density at radius 2 is 2.15 bits per heavy atom. The van der Waals surface area contributed by atoms with E-state index in [1.165, 1.54) is 37.7 Å². The summed E-state index contributed by atoms with van der Waals surface area (Å²) in [6, 6.07) is 2.61. The Hall–Kier alpha value is -0.380. The first kappa shape index (κ1) is 16.0. The Bertz CT molecular complexity index is 368. The first-order valence-electron chi connectivity index (χ1n) is 8.11. The second-order valence-electron chi connectivity index (χ2n) is 6.12. The quantitative estimate of drug-likeness (QED) is 0.782. The highest BCUT2D eigenvalue weighted by Gasteiger charge is 2.42. The van der Waals surface area contributed by atoms with Crippen LogP contribution >= 0.6 is 11.3 Å². The molecule has 0 amide bonds. The van der Waals surface area contributed by atoms with Crippen LogP contribution in [0.25, 0.3) is 0 Å². The van der Waals surface area contributed by atoms with Crippen molar-refractivity contribution in [3.8, 4) is 0 Å². The maximum Gasteiger partial charge on any atom is 0.0876 e. The van der Waals surface area contributed by atoms with E-state index < -0.39 is 0 Å². The average molecular weight is 295 g/mol. The molecule has 0 saturated heterocycles. The van der Waals surface area contributed by atoms with Gasteiger partial charge in [0.15, 0.2) is 0 Å². The molecular formula is C17H29NOS. The number of thiophene rings is 1. The number of rotatable bonds is 7. The van der Waals surface area contributed by atoms with Gasteiger partial charge in [-0.2, -0.15) is 11.3 Å². The van der Waals surface area contributed by atoms with Gasteiger partial charge >= 0.3 is 0 Å². The van der Waals surface area contributed by atoms with Crippen molar-refractivity contribution in [3.63, 3.8) is 0 Å². The summed E-state index contributed by atoms with van der Waals surface area (Å²) in [6.07, 6.45) is 6.10. The van der Waals surface area contributed by atoms with E-state index in [0.29, 0.717) is 6.04 Å². The van der Waals surface area contributed by atoms with Gasteiger partial charge in [-0.1, -0.05) is 13.8 Å². The summed E-state index contributed by atoms with van der Waals surface area (Å²) in [7, 11) is 0. The van der Waals surface area contributed by atoms with Gasteiger partial charge < -0.3 is 10.1 Å². The molecule has 1 atom stereocenters. The van der Waals surface area contributed by atoms with Crippen LogP contribution in [0.1, 0.15) is 64.5 Å². The number of hydrogen-bond donors (Lipinski definition) is 1. The van der Waals surface area contributed by atoms with E-state index >= 15 is 0 Å². The molecule has 0 spiro atoms. The average Bonchev–Trinajstić information content (AvgIpc) is 2.97. The third-order valence-corrected chi connectivity index (χ3v) is 5.25. The van der Waals surface area contributed by atoms with Crippen LogP contribution in [-0.4, -0.2) is 18.8 Å². The van der Waals surface area contributed by atoms with E-state index in [1.807, 2.05) is 0 Å². The monoisotopic (exact) mass is 295 g/mol. The summed E-state index contributed by atoms with van der Waals surface area (Å²) in [6.45, 7) is 8.60. The molecule has 1 heterocycles. The molecule has 1 N–H and O–H groups in total.